The molecule has 0 aromatic heterocycles. The van der Waals surface area contributed by atoms with E-state index >= 15 is 0 Å². The van der Waals surface area contributed by atoms with E-state index in [9.17, 15) is 0 Å². The van der Waals surface area contributed by atoms with Crippen molar-refractivity contribution in [3.63, 3.8) is 0 Å². The molecule has 1 atom stereocenters. The Morgan fingerprint density at radius 1 is 1.38 bits per heavy atom. The molecule has 21 heavy (non-hydrogen) atoms. The number of ether oxygens (including phenoxy) is 1. The molecule has 1 aromatic rings. The van der Waals surface area contributed by atoms with E-state index in [4.69, 9.17) is 16.3 Å². The molecular formula is C17H26ClNOS. The Kier molecular flexibility index (Phi) is 7.21. The van der Waals surface area contributed by atoms with Gasteiger partial charge in [-0.2, -0.15) is 11.8 Å². The third-order valence-corrected chi connectivity index (χ3v) is 5.80. The molecule has 0 spiro atoms. The number of hydrogen-bond acceptors (Lipinski definition) is 3. The van der Waals surface area contributed by atoms with Crippen molar-refractivity contribution < 1.29 is 4.74 Å². The quantitative estimate of drug-likeness (QED) is 0.720. The SMILES string of the molecule is CCCNC(CSC1CCCC1)c1ccc(Cl)c(OC)c1. The fraction of sp³-hybridized carbons (Fsp3) is 0.647. The van der Waals surface area contributed by atoms with Crippen LogP contribution >= 0.6 is 23.4 Å². The summed E-state index contributed by atoms with van der Waals surface area (Å²) in [4.78, 5) is 0. The molecule has 1 fully saturated rings. The summed E-state index contributed by atoms with van der Waals surface area (Å²) in [6, 6.07) is 6.51. The third-order valence-electron chi connectivity index (χ3n) is 4.02. The number of benzene rings is 1. The zero-order chi connectivity index (χ0) is 15.1. The van der Waals surface area contributed by atoms with Gasteiger partial charge in [-0.25, -0.2) is 0 Å². The predicted octanol–water partition coefficient (Wildman–Crippen LogP) is 5.07. The van der Waals surface area contributed by atoms with Crippen molar-refractivity contribution in [1.29, 1.82) is 0 Å². The highest BCUT2D eigenvalue weighted by atomic mass is 35.5. The van der Waals surface area contributed by atoms with Crippen LogP contribution in [0, 0.1) is 0 Å². The molecule has 4 heteroatoms. The first-order valence-corrected chi connectivity index (χ1v) is 9.35. The molecule has 0 saturated heterocycles. The zero-order valence-electron chi connectivity index (χ0n) is 13.0. The van der Waals surface area contributed by atoms with E-state index in [1.165, 1.54) is 31.2 Å². The fourth-order valence-electron chi connectivity index (χ4n) is 2.77. The number of nitrogens with one attached hydrogen (secondary N) is 1. The highest BCUT2D eigenvalue weighted by molar-refractivity contribution is 7.99. The molecule has 0 radical (unpaired) electrons. The van der Waals surface area contributed by atoms with E-state index in [-0.39, 0.29) is 0 Å². The molecule has 1 saturated carbocycles. The van der Waals surface area contributed by atoms with Crippen LogP contribution in [0.4, 0.5) is 0 Å². The predicted molar refractivity (Wildman–Crippen MR) is 93.8 cm³/mol. The standard InChI is InChI=1S/C17H26ClNOS/c1-3-10-19-16(12-21-14-6-4-5-7-14)13-8-9-15(18)17(11-13)20-2/h8-9,11,14,16,19H,3-7,10,12H2,1-2H3. The lowest BCUT2D eigenvalue weighted by Gasteiger charge is -2.21. The minimum absolute atomic E-state index is 0.377. The summed E-state index contributed by atoms with van der Waals surface area (Å²) in [5.41, 5.74) is 1.27. The number of rotatable bonds is 8. The number of halogens is 1. The molecule has 0 amide bonds. The summed E-state index contributed by atoms with van der Waals surface area (Å²) in [6.45, 7) is 3.25. The number of hydrogen-bond donors (Lipinski definition) is 1. The zero-order valence-corrected chi connectivity index (χ0v) is 14.6. The maximum atomic E-state index is 6.14. The first-order valence-electron chi connectivity index (χ1n) is 7.93. The molecule has 0 heterocycles. The molecule has 0 aliphatic heterocycles. The Hall–Kier alpha value is -0.380. The second-order valence-corrected chi connectivity index (χ2v) is 7.38. The van der Waals surface area contributed by atoms with Gasteiger partial charge in [0, 0.05) is 17.0 Å². The lowest BCUT2D eigenvalue weighted by Crippen LogP contribution is -2.25. The van der Waals surface area contributed by atoms with Gasteiger partial charge >= 0.3 is 0 Å². The highest BCUT2D eigenvalue weighted by Gasteiger charge is 2.19. The average molecular weight is 328 g/mol. The van der Waals surface area contributed by atoms with Gasteiger partial charge in [-0.05, 0) is 43.5 Å². The Morgan fingerprint density at radius 3 is 2.81 bits per heavy atom. The molecule has 1 aliphatic carbocycles. The van der Waals surface area contributed by atoms with Crippen LogP contribution in [0.15, 0.2) is 18.2 Å². The fourth-order valence-corrected chi connectivity index (χ4v) is 4.41. The number of thioether (sulfide) groups is 1. The monoisotopic (exact) mass is 327 g/mol. The Morgan fingerprint density at radius 2 is 2.14 bits per heavy atom. The van der Waals surface area contributed by atoms with Crippen molar-refractivity contribution >= 4 is 23.4 Å². The molecule has 2 rings (SSSR count). The normalized spacial score (nSPS) is 17.1. The van der Waals surface area contributed by atoms with Crippen LogP contribution in [0.3, 0.4) is 0 Å². The lowest BCUT2D eigenvalue weighted by atomic mass is 10.1. The largest absolute Gasteiger partial charge is 0.495 e. The summed E-state index contributed by atoms with van der Waals surface area (Å²) in [5, 5.41) is 5.19. The van der Waals surface area contributed by atoms with Crippen LogP contribution in [-0.4, -0.2) is 24.7 Å². The molecule has 1 unspecified atom stereocenters. The first-order chi connectivity index (χ1) is 10.2. The number of methoxy groups -OCH3 is 1. The molecule has 1 N–H and O–H groups in total. The van der Waals surface area contributed by atoms with Gasteiger partial charge in [0.2, 0.25) is 0 Å². The van der Waals surface area contributed by atoms with Crippen molar-refractivity contribution in [3.05, 3.63) is 28.8 Å². The molecule has 2 nitrogen and oxygen atoms in total. The van der Waals surface area contributed by atoms with Crippen LogP contribution in [0.2, 0.25) is 5.02 Å². The van der Waals surface area contributed by atoms with E-state index in [0.29, 0.717) is 11.1 Å². The van der Waals surface area contributed by atoms with Gasteiger partial charge in [0.1, 0.15) is 5.75 Å². The lowest BCUT2D eigenvalue weighted by molar-refractivity contribution is 0.413. The second-order valence-electron chi connectivity index (χ2n) is 5.64. The molecule has 0 bridgehead atoms. The summed E-state index contributed by atoms with van der Waals surface area (Å²) in [6.07, 6.45) is 6.72. The Labute approximate surface area is 138 Å². The van der Waals surface area contributed by atoms with Gasteiger partial charge in [0.15, 0.2) is 0 Å². The van der Waals surface area contributed by atoms with E-state index in [2.05, 4.69) is 36.1 Å². The maximum Gasteiger partial charge on any atom is 0.137 e. The van der Waals surface area contributed by atoms with Crippen molar-refractivity contribution in [1.82, 2.24) is 5.32 Å². The average Bonchev–Trinajstić information content (AvgIpc) is 3.01. The smallest absolute Gasteiger partial charge is 0.137 e. The van der Waals surface area contributed by atoms with Gasteiger partial charge in [0.25, 0.3) is 0 Å². The van der Waals surface area contributed by atoms with Crippen LogP contribution in [0.5, 0.6) is 5.75 Å². The van der Waals surface area contributed by atoms with E-state index in [1.807, 2.05) is 6.07 Å². The molecule has 1 aromatic carbocycles. The Balaban J connectivity index is 2.02. The van der Waals surface area contributed by atoms with Crippen molar-refractivity contribution in [2.75, 3.05) is 19.4 Å². The Bertz CT molecular complexity index is 435. The van der Waals surface area contributed by atoms with Crippen molar-refractivity contribution in [3.8, 4) is 5.75 Å². The maximum absolute atomic E-state index is 6.14. The molecule has 1 aliphatic rings. The minimum Gasteiger partial charge on any atom is -0.495 e. The molecular weight excluding hydrogens is 302 g/mol. The van der Waals surface area contributed by atoms with Crippen LogP contribution in [0.25, 0.3) is 0 Å². The van der Waals surface area contributed by atoms with E-state index < -0.39 is 0 Å². The van der Waals surface area contributed by atoms with E-state index in [1.54, 1.807) is 7.11 Å². The summed E-state index contributed by atoms with van der Waals surface area (Å²) in [5.74, 6) is 1.89. The molecule has 118 valence electrons. The summed E-state index contributed by atoms with van der Waals surface area (Å²) in [7, 11) is 1.67. The van der Waals surface area contributed by atoms with E-state index in [0.717, 1.165) is 29.7 Å². The topological polar surface area (TPSA) is 21.3 Å². The van der Waals surface area contributed by atoms with Crippen molar-refractivity contribution in [2.45, 2.75) is 50.3 Å². The van der Waals surface area contributed by atoms with Gasteiger partial charge < -0.3 is 10.1 Å². The summed E-state index contributed by atoms with van der Waals surface area (Å²) >= 11 is 8.25. The van der Waals surface area contributed by atoms with Gasteiger partial charge in [-0.3, -0.25) is 0 Å². The van der Waals surface area contributed by atoms with Crippen LogP contribution < -0.4 is 10.1 Å². The van der Waals surface area contributed by atoms with Gasteiger partial charge in [0.05, 0.1) is 12.1 Å². The second kappa shape index (κ2) is 8.92. The van der Waals surface area contributed by atoms with Crippen LogP contribution in [-0.2, 0) is 0 Å². The van der Waals surface area contributed by atoms with Gasteiger partial charge in [-0.1, -0.05) is 37.4 Å². The summed E-state index contributed by atoms with van der Waals surface area (Å²) < 4.78 is 5.35. The first kappa shape index (κ1) is 17.0. The van der Waals surface area contributed by atoms with Gasteiger partial charge in [-0.15, -0.1) is 0 Å². The van der Waals surface area contributed by atoms with Crippen LogP contribution in [0.1, 0.15) is 50.6 Å². The highest BCUT2D eigenvalue weighted by Crippen LogP contribution is 2.34. The third kappa shape index (κ3) is 5.08. The minimum atomic E-state index is 0.377. The van der Waals surface area contributed by atoms with Crippen molar-refractivity contribution in [2.24, 2.45) is 0 Å².